The highest BCUT2D eigenvalue weighted by atomic mass is 19.1. The van der Waals surface area contributed by atoms with Gasteiger partial charge in [0.05, 0.1) is 11.7 Å². The smallest absolute Gasteiger partial charge is 0.252 e. The van der Waals surface area contributed by atoms with Crippen LogP contribution in [0.25, 0.3) is 5.65 Å². The molecule has 0 aliphatic rings. The molecule has 1 aromatic carbocycles. The Morgan fingerprint density at radius 2 is 2.00 bits per heavy atom. The predicted molar refractivity (Wildman–Crippen MR) is 81.4 cm³/mol. The number of nitrogens with one attached hydrogen (secondary N) is 1. The Labute approximate surface area is 131 Å². The number of hydrogen-bond acceptors (Lipinski definition) is 4. The van der Waals surface area contributed by atoms with Crippen molar-refractivity contribution in [2.75, 3.05) is 6.54 Å². The first kappa shape index (κ1) is 15.1. The molecule has 2 aromatic heterocycles. The number of aryl methyl sites for hydroxylation is 1. The molecule has 0 saturated heterocycles. The quantitative estimate of drug-likeness (QED) is 0.767. The highest BCUT2D eigenvalue weighted by Crippen LogP contribution is 2.13. The number of carbonyl (C=O) groups is 1. The van der Waals surface area contributed by atoms with Crippen LogP contribution in [0.5, 0.6) is 0 Å². The molecule has 0 spiro atoms. The number of pyridine rings is 1. The van der Waals surface area contributed by atoms with Crippen LogP contribution in [0.15, 0.2) is 42.6 Å². The van der Waals surface area contributed by atoms with Gasteiger partial charge in [0, 0.05) is 12.7 Å². The van der Waals surface area contributed by atoms with Gasteiger partial charge in [0.15, 0.2) is 5.65 Å². The van der Waals surface area contributed by atoms with Crippen molar-refractivity contribution in [1.29, 1.82) is 0 Å². The number of amides is 1. The maximum atomic E-state index is 12.9. The van der Waals surface area contributed by atoms with Gasteiger partial charge in [-0.05, 0) is 36.8 Å². The molecule has 6 nitrogen and oxygen atoms in total. The summed E-state index contributed by atoms with van der Waals surface area (Å²) in [6.45, 7) is 1.82. The average Bonchev–Trinajstić information content (AvgIpc) is 2.93. The Bertz CT molecular complexity index is 845. The van der Waals surface area contributed by atoms with E-state index in [4.69, 9.17) is 0 Å². The van der Waals surface area contributed by atoms with E-state index >= 15 is 0 Å². The summed E-state index contributed by atoms with van der Waals surface area (Å²) in [7, 11) is 0. The van der Waals surface area contributed by atoms with Crippen molar-refractivity contribution in [3.05, 3.63) is 65.4 Å². The van der Waals surface area contributed by atoms with E-state index < -0.39 is 6.10 Å². The van der Waals surface area contributed by atoms with Gasteiger partial charge < -0.3 is 10.4 Å². The van der Waals surface area contributed by atoms with Gasteiger partial charge in [-0.25, -0.2) is 4.39 Å². The lowest BCUT2D eigenvalue weighted by atomic mass is 10.1. The first-order chi connectivity index (χ1) is 11.0. The van der Waals surface area contributed by atoms with Crippen molar-refractivity contribution >= 4 is 11.6 Å². The minimum atomic E-state index is -0.903. The van der Waals surface area contributed by atoms with Crippen LogP contribution in [-0.4, -0.2) is 32.2 Å². The Kier molecular flexibility index (Phi) is 4.03. The fraction of sp³-hybridized carbons (Fsp3) is 0.188. The van der Waals surface area contributed by atoms with Crippen molar-refractivity contribution in [2.45, 2.75) is 13.0 Å². The molecule has 2 N–H and O–H groups in total. The molecule has 0 saturated carbocycles. The van der Waals surface area contributed by atoms with Crippen LogP contribution in [-0.2, 0) is 0 Å². The summed E-state index contributed by atoms with van der Waals surface area (Å²) in [4.78, 5) is 12.2. The highest BCUT2D eigenvalue weighted by Gasteiger charge is 2.12. The second-order valence-electron chi connectivity index (χ2n) is 5.17. The third-order valence-electron chi connectivity index (χ3n) is 3.55. The van der Waals surface area contributed by atoms with Gasteiger partial charge in [-0.2, -0.15) is 0 Å². The lowest BCUT2D eigenvalue weighted by molar-refractivity contribution is 0.0916. The van der Waals surface area contributed by atoms with Gasteiger partial charge in [0.25, 0.3) is 5.91 Å². The molecular formula is C16H15FN4O2. The first-order valence-corrected chi connectivity index (χ1v) is 7.08. The molecule has 1 atom stereocenters. The van der Waals surface area contributed by atoms with E-state index in [9.17, 15) is 14.3 Å². The maximum absolute atomic E-state index is 12.9. The number of halogens is 1. The molecule has 23 heavy (non-hydrogen) atoms. The van der Waals surface area contributed by atoms with E-state index in [1.807, 2.05) is 0 Å². The molecule has 1 amide bonds. The van der Waals surface area contributed by atoms with Crippen LogP contribution in [0.4, 0.5) is 4.39 Å². The number of aliphatic hydroxyl groups is 1. The molecule has 118 valence electrons. The monoisotopic (exact) mass is 314 g/mol. The number of fused-ring (bicyclic) bond motifs is 1. The van der Waals surface area contributed by atoms with E-state index in [0.29, 0.717) is 22.6 Å². The third kappa shape index (κ3) is 3.19. The fourth-order valence-corrected chi connectivity index (χ4v) is 2.23. The van der Waals surface area contributed by atoms with Crippen molar-refractivity contribution in [1.82, 2.24) is 19.9 Å². The van der Waals surface area contributed by atoms with Gasteiger partial charge in [-0.1, -0.05) is 12.1 Å². The summed E-state index contributed by atoms with van der Waals surface area (Å²) in [6.07, 6.45) is 0.740. The summed E-state index contributed by atoms with van der Waals surface area (Å²) in [5, 5.41) is 20.6. The molecule has 1 unspecified atom stereocenters. The Morgan fingerprint density at radius 3 is 2.74 bits per heavy atom. The Balaban J connectivity index is 1.68. The van der Waals surface area contributed by atoms with Gasteiger partial charge in [0.1, 0.15) is 11.6 Å². The predicted octanol–water partition coefficient (Wildman–Crippen LogP) is 1.64. The number of rotatable bonds is 4. The van der Waals surface area contributed by atoms with Crippen molar-refractivity contribution in [2.24, 2.45) is 0 Å². The molecular weight excluding hydrogens is 299 g/mol. The van der Waals surface area contributed by atoms with Crippen molar-refractivity contribution in [3.8, 4) is 0 Å². The van der Waals surface area contributed by atoms with E-state index in [0.717, 1.165) is 0 Å². The molecule has 0 aliphatic carbocycles. The molecule has 3 rings (SSSR count). The largest absolute Gasteiger partial charge is 0.387 e. The number of nitrogens with zero attached hydrogens (tertiary/aromatic N) is 3. The number of benzene rings is 1. The van der Waals surface area contributed by atoms with Crippen LogP contribution in [0, 0.1) is 12.7 Å². The molecule has 0 bridgehead atoms. The van der Waals surface area contributed by atoms with Crippen LogP contribution in [0.3, 0.4) is 0 Å². The Hall–Kier alpha value is -2.80. The van der Waals surface area contributed by atoms with Gasteiger partial charge >= 0.3 is 0 Å². The summed E-state index contributed by atoms with van der Waals surface area (Å²) < 4.78 is 14.6. The SMILES string of the molecule is Cc1nnc2ccc(C(=O)NCC(O)c3ccc(F)cc3)cn12. The minimum Gasteiger partial charge on any atom is -0.387 e. The maximum Gasteiger partial charge on any atom is 0.252 e. The zero-order valence-electron chi connectivity index (χ0n) is 12.4. The van der Waals surface area contributed by atoms with E-state index in [1.165, 1.54) is 24.3 Å². The van der Waals surface area contributed by atoms with Gasteiger partial charge in [-0.15, -0.1) is 10.2 Å². The standard InChI is InChI=1S/C16H15FN4O2/c1-10-19-20-15-7-4-12(9-21(10)15)16(23)18-8-14(22)11-2-5-13(17)6-3-11/h2-7,9,14,22H,8H2,1H3,(H,18,23). The summed E-state index contributed by atoms with van der Waals surface area (Å²) in [5.41, 5.74) is 1.63. The van der Waals surface area contributed by atoms with E-state index in [2.05, 4.69) is 15.5 Å². The highest BCUT2D eigenvalue weighted by molar-refractivity contribution is 5.94. The average molecular weight is 314 g/mol. The summed E-state index contributed by atoms with van der Waals surface area (Å²) >= 11 is 0. The molecule has 2 heterocycles. The zero-order chi connectivity index (χ0) is 16.4. The minimum absolute atomic E-state index is 0.0314. The summed E-state index contributed by atoms with van der Waals surface area (Å²) in [5.74, 6) is -0.00948. The van der Waals surface area contributed by atoms with Gasteiger partial charge in [-0.3, -0.25) is 9.20 Å². The first-order valence-electron chi connectivity index (χ1n) is 7.08. The van der Waals surface area contributed by atoms with E-state index in [-0.39, 0.29) is 18.3 Å². The second kappa shape index (κ2) is 6.13. The fourth-order valence-electron chi connectivity index (χ4n) is 2.23. The van der Waals surface area contributed by atoms with Crippen LogP contribution >= 0.6 is 0 Å². The van der Waals surface area contributed by atoms with E-state index in [1.54, 1.807) is 29.7 Å². The molecule has 3 aromatic rings. The number of carbonyl (C=O) groups excluding carboxylic acids is 1. The zero-order valence-corrected chi connectivity index (χ0v) is 12.4. The number of aliphatic hydroxyl groups excluding tert-OH is 1. The lowest BCUT2D eigenvalue weighted by Crippen LogP contribution is -2.28. The molecule has 0 fully saturated rings. The lowest BCUT2D eigenvalue weighted by Gasteiger charge is -2.12. The van der Waals surface area contributed by atoms with Crippen molar-refractivity contribution < 1.29 is 14.3 Å². The molecule has 0 radical (unpaired) electrons. The van der Waals surface area contributed by atoms with Crippen molar-refractivity contribution in [3.63, 3.8) is 0 Å². The number of aromatic nitrogens is 3. The van der Waals surface area contributed by atoms with Crippen LogP contribution < -0.4 is 5.32 Å². The normalized spacial score (nSPS) is 12.3. The van der Waals surface area contributed by atoms with Crippen LogP contribution in [0.1, 0.15) is 27.8 Å². The van der Waals surface area contributed by atoms with Crippen LogP contribution in [0.2, 0.25) is 0 Å². The van der Waals surface area contributed by atoms with Gasteiger partial charge in [0.2, 0.25) is 0 Å². The third-order valence-corrected chi connectivity index (χ3v) is 3.55. The topological polar surface area (TPSA) is 79.5 Å². The molecule has 7 heteroatoms. The second-order valence-corrected chi connectivity index (χ2v) is 5.17. The Morgan fingerprint density at radius 1 is 1.26 bits per heavy atom. The number of hydrogen-bond donors (Lipinski definition) is 2. The molecule has 0 aliphatic heterocycles. The summed E-state index contributed by atoms with van der Waals surface area (Å²) in [6, 6.07) is 8.85.